The van der Waals surface area contributed by atoms with Crippen molar-refractivity contribution in [1.82, 2.24) is 5.32 Å². The molecule has 0 aliphatic heterocycles. The van der Waals surface area contributed by atoms with Crippen LogP contribution in [0, 0.1) is 11.7 Å². The minimum absolute atomic E-state index is 0.131. The SMILES string of the molecule is CCC(CC)C(CNC(C)C)c1c(F)cccc1Cl. The maximum Gasteiger partial charge on any atom is 0.128 e. The zero-order valence-electron chi connectivity index (χ0n) is 12.3. The third kappa shape index (κ3) is 4.47. The first kappa shape index (κ1) is 16.5. The summed E-state index contributed by atoms with van der Waals surface area (Å²) in [6.45, 7) is 9.29. The molecule has 108 valence electrons. The van der Waals surface area contributed by atoms with Gasteiger partial charge >= 0.3 is 0 Å². The van der Waals surface area contributed by atoms with Crippen LogP contribution in [0.5, 0.6) is 0 Å². The van der Waals surface area contributed by atoms with Crippen molar-refractivity contribution in [2.75, 3.05) is 6.54 Å². The van der Waals surface area contributed by atoms with Crippen molar-refractivity contribution in [2.24, 2.45) is 5.92 Å². The largest absolute Gasteiger partial charge is 0.314 e. The van der Waals surface area contributed by atoms with Crippen LogP contribution in [0.25, 0.3) is 0 Å². The zero-order valence-corrected chi connectivity index (χ0v) is 13.1. The Balaban J connectivity index is 3.07. The van der Waals surface area contributed by atoms with Crippen molar-refractivity contribution in [3.8, 4) is 0 Å². The average molecular weight is 286 g/mol. The summed E-state index contributed by atoms with van der Waals surface area (Å²) in [5.74, 6) is 0.390. The maximum absolute atomic E-state index is 14.1. The van der Waals surface area contributed by atoms with Gasteiger partial charge in [-0.25, -0.2) is 4.39 Å². The first-order valence-electron chi connectivity index (χ1n) is 7.18. The Morgan fingerprint density at radius 1 is 1.21 bits per heavy atom. The molecule has 1 aromatic carbocycles. The third-order valence-corrected chi connectivity index (χ3v) is 4.06. The molecule has 0 bridgehead atoms. The van der Waals surface area contributed by atoms with Crippen molar-refractivity contribution >= 4 is 11.6 Å². The van der Waals surface area contributed by atoms with Gasteiger partial charge in [0.1, 0.15) is 5.82 Å². The first-order valence-corrected chi connectivity index (χ1v) is 7.56. The number of nitrogens with one attached hydrogen (secondary N) is 1. The first-order chi connectivity index (χ1) is 9.01. The van der Waals surface area contributed by atoms with Crippen LogP contribution in [0.15, 0.2) is 18.2 Å². The van der Waals surface area contributed by atoms with E-state index in [4.69, 9.17) is 11.6 Å². The number of rotatable bonds is 7. The molecule has 1 rings (SSSR count). The van der Waals surface area contributed by atoms with Crippen LogP contribution in [0.1, 0.15) is 52.0 Å². The smallest absolute Gasteiger partial charge is 0.128 e. The highest BCUT2D eigenvalue weighted by Crippen LogP contribution is 2.35. The van der Waals surface area contributed by atoms with E-state index in [2.05, 4.69) is 33.0 Å². The standard InChI is InChI=1S/C16H25ClFN/c1-5-12(6-2)13(10-19-11(3)4)16-14(17)8-7-9-15(16)18/h7-9,11-13,19H,5-6,10H2,1-4H3. The normalized spacial score (nSPS) is 13.3. The number of halogens is 2. The Morgan fingerprint density at radius 3 is 2.32 bits per heavy atom. The van der Waals surface area contributed by atoms with E-state index in [1.165, 1.54) is 6.07 Å². The molecule has 0 heterocycles. The van der Waals surface area contributed by atoms with Gasteiger partial charge in [0, 0.05) is 29.1 Å². The molecule has 0 radical (unpaired) electrons. The van der Waals surface area contributed by atoms with E-state index in [0.717, 1.165) is 19.4 Å². The minimum atomic E-state index is -0.185. The number of hydrogen-bond donors (Lipinski definition) is 1. The van der Waals surface area contributed by atoms with Gasteiger partial charge in [0.25, 0.3) is 0 Å². The summed E-state index contributed by atoms with van der Waals surface area (Å²) in [6.07, 6.45) is 2.07. The maximum atomic E-state index is 14.1. The molecule has 1 N–H and O–H groups in total. The highest BCUT2D eigenvalue weighted by atomic mass is 35.5. The molecule has 0 aromatic heterocycles. The Labute approximate surface area is 121 Å². The van der Waals surface area contributed by atoms with Crippen molar-refractivity contribution < 1.29 is 4.39 Å². The van der Waals surface area contributed by atoms with Crippen molar-refractivity contribution in [3.63, 3.8) is 0 Å². The summed E-state index contributed by atoms with van der Waals surface area (Å²) in [5, 5.41) is 3.97. The predicted molar refractivity (Wildman–Crippen MR) is 81.4 cm³/mol. The van der Waals surface area contributed by atoms with Gasteiger partial charge in [-0.3, -0.25) is 0 Å². The number of benzene rings is 1. The zero-order chi connectivity index (χ0) is 14.4. The Hall–Kier alpha value is -0.600. The van der Waals surface area contributed by atoms with Crippen molar-refractivity contribution in [2.45, 2.75) is 52.5 Å². The molecule has 1 unspecified atom stereocenters. The Bertz CT molecular complexity index is 368. The summed E-state index contributed by atoms with van der Waals surface area (Å²) < 4.78 is 14.1. The molecular weight excluding hydrogens is 261 g/mol. The van der Waals surface area contributed by atoms with Gasteiger partial charge in [0.05, 0.1) is 0 Å². The summed E-state index contributed by atoms with van der Waals surface area (Å²) >= 11 is 6.23. The Morgan fingerprint density at radius 2 is 1.84 bits per heavy atom. The molecule has 0 fully saturated rings. The van der Waals surface area contributed by atoms with Crippen LogP contribution in [-0.2, 0) is 0 Å². The Kier molecular flexibility index (Phi) is 6.81. The van der Waals surface area contributed by atoms with E-state index >= 15 is 0 Å². The van der Waals surface area contributed by atoms with Gasteiger partial charge in [-0.1, -0.05) is 58.2 Å². The lowest BCUT2D eigenvalue weighted by Crippen LogP contribution is -2.31. The highest BCUT2D eigenvalue weighted by Gasteiger charge is 2.25. The predicted octanol–water partition coefficient (Wildman–Crippen LogP) is 5.00. The molecule has 0 amide bonds. The van der Waals surface area contributed by atoms with Crippen LogP contribution < -0.4 is 5.32 Å². The van der Waals surface area contributed by atoms with Crippen LogP contribution in [-0.4, -0.2) is 12.6 Å². The molecule has 0 saturated heterocycles. The van der Waals surface area contributed by atoms with Gasteiger partial charge < -0.3 is 5.32 Å². The number of hydrogen-bond acceptors (Lipinski definition) is 1. The minimum Gasteiger partial charge on any atom is -0.314 e. The average Bonchev–Trinajstić information content (AvgIpc) is 2.36. The molecule has 3 heteroatoms. The third-order valence-electron chi connectivity index (χ3n) is 3.73. The summed E-state index contributed by atoms with van der Waals surface area (Å²) in [7, 11) is 0. The fraction of sp³-hybridized carbons (Fsp3) is 0.625. The van der Waals surface area contributed by atoms with Crippen LogP contribution in [0.2, 0.25) is 5.02 Å². The van der Waals surface area contributed by atoms with Crippen molar-refractivity contribution in [3.05, 3.63) is 34.6 Å². The van der Waals surface area contributed by atoms with Crippen molar-refractivity contribution in [1.29, 1.82) is 0 Å². The fourth-order valence-electron chi connectivity index (χ4n) is 2.59. The second-order valence-electron chi connectivity index (χ2n) is 5.38. The highest BCUT2D eigenvalue weighted by molar-refractivity contribution is 6.31. The fourth-order valence-corrected chi connectivity index (χ4v) is 2.89. The lowest BCUT2D eigenvalue weighted by atomic mass is 9.82. The molecule has 0 aliphatic carbocycles. The molecular formula is C16H25ClFN. The van der Waals surface area contributed by atoms with Gasteiger partial charge in [0.15, 0.2) is 0 Å². The van der Waals surface area contributed by atoms with Gasteiger partial charge in [-0.2, -0.15) is 0 Å². The van der Waals surface area contributed by atoms with Crippen LogP contribution in [0.4, 0.5) is 4.39 Å². The lowest BCUT2D eigenvalue weighted by Gasteiger charge is -2.28. The van der Waals surface area contributed by atoms with Gasteiger partial charge in [-0.15, -0.1) is 0 Å². The second-order valence-corrected chi connectivity index (χ2v) is 5.79. The molecule has 0 spiro atoms. The summed E-state index contributed by atoms with van der Waals surface area (Å²) in [6, 6.07) is 5.35. The van der Waals surface area contributed by atoms with E-state index in [0.29, 0.717) is 22.5 Å². The van der Waals surface area contributed by atoms with Gasteiger partial charge in [-0.05, 0) is 18.1 Å². The summed E-state index contributed by atoms with van der Waals surface area (Å²) in [4.78, 5) is 0. The second kappa shape index (κ2) is 7.86. The molecule has 0 saturated carbocycles. The van der Waals surface area contributed by atoms with Crippen LogP contribution >= 0.6 is 11.6 Å². The summed E-state index contributed by atoms with van der Waals surface area (Å²) in [5.41, 5.74) is 0.672. The molecule has 1 nitrogen and oxygen atoms in total. The molecule has 1 aromatic rings. The lowest BCUT2D eigenvalue weighted by molar-refractivity contribution is 0.361. The molecule has 0 aliphatic rings. The quantitative estimate of drug-likeness (QED) is 0.743. The van der Waals surface area contributed by atoms with Gasteiger partial charge in [0.2, 0.25) is 0 Å². The van der Waals surface area contributed by atoms with E-state index in [1.807, 2.05) is 0 Å². The molecule has 1 atom stereocenters. The van der Waals surface area contributed by atoms with Crippen LogP contribution in [0.3, 0.4) is 0 Å². The van der Waals surface area contributed by atoms with E-state index in [1.54, 1.807) is 12.1 Å². The van der Waals surface area contributed by atoms with E-state index in [-0.39, 0.29) is 11.7 Å². The van der Waals surface area contributed by atoms with E-state index in [9.17, 15) is 4.39 Å². The molecule has 19 heavy (non-hydrogen) atoms. The topological polar surface area (TPSA) is 12.0 Å². The monoisotopic (exact) mass is 285 g/mol. The van der Waals surface area contributed by atoms with E-state index < -0.39 is 0 Å².